The second-order valence-corrected chi connectivity index (χ2v) is 10.3. The molecule has 9 heteroatoms. The lowest BCUT2D eigenvalue weighted by Crippen LogP contribution is -2.38. The van der Waals surface area contributed by atoms with E-state index >= 15 is 0 Å². The van der Waals surface area contributed by atoms with E-state index < -0.39 is 22.2 Å². The third kappa shape index (κ3) is 14.4. The molecule has 0 amide bonds. The van der Waals surface area contributed by atoms with Gasteiger partial charge in [-0.3, -0.25) is 9.35 Å². The number of hydrogen-bond donors (Lipinski definition) is 4. The molecule has 0 bridgehead atoms. The van der Waals surface area contributed by atoms with Gasteiger partial charge >= 0.3 is 5.97 Å². The molecule has 0 saturated heterocycles. The van der Waals surface area contributed by atoms with Crippen molar-refractivity contribution in [2.75, 3.05) is 12.8 Å². The lowest BCUT2D eigenvalue weighted by Gasteiger charge is -2.23. The van der Waals surface area contributed by atoms with Crippen molar-refractivity contribution in [3.8, 4) is 11.5 Å². The van der Waals surface area contributed by atoms with Crippen LogP contribution in [0.4, 0.5) is 0 Å². The number of esters is 1. The van der Waals surface area contributed by atoms with E-state index in [0.717, 1.165) is 0 Å². The number of aliphatic hydroxyl groups excluding tert-OH is 1. The molecule has 0 heterocycles. The van der Waals surface area contributed by atoms with Crippen LogP contribution in [-0.2, 0) is 14.9 Å². The van der Waals surface area contributed by atoms with E-state index in [1.807, 2.05) is 41.5 Å². The van der Waals surface area contributed by atoms with Gasteiger partial charge in [-0.2, -0.15) is 8.42 Å². The van der Waals surface area contributed by atoms with Crippen LogP contribution in [0.2, 0.25) is 0 Å². The summed E-state index contributed by atoms with van der Waals surface area (Å²) in [4.78, 5) is 11.8. The van der Waals surface area contributed by atoms with Crippen LogP contribution in [0.5, 0.6) is 11.5 Å². The smallest absolute Gasteiger partial charge is 0.311 e. The maximum atomic E-state index is 11.8. The summed E-state index contributed by atoms with van der Waals surface area (Å²) < 4.78 is 31.1. The summed E-state index contributed by atoms with van der Waals surface area (Å²) in [5.41, 5.74) is 0.280. The van der Waals surface area contributed by atoms with Crippen molar-refractivity contribution in [2.24, 2.45) is 5.41 Å². The molecule has 0 aliphatic heterocycles. The molecule has 1 aromatic carbocycles. The number of rotatable bonds is 5. The molecule has 28 heavy (non-hydrogen) atoms. The second-order valence-electron chi connectivity index (χ2n) is 8.82. The van der Waals surface area contributed by atoms with Gasteiger partial charge in [0.05, 0.1) is 18.8 Å². The van der Waals surface area contributed by atoms with Crippen molar-refractivity contribution in [3.05, 3.63) is 23.8 Å². The summed E-state index contributed by atoms with van der Waals surface area (Å²) in [5, 5.41) is 23.4. The van der Waals surface area contributed by atoms with Gasteiger partial charge in [-0.15, -0.1) is 0 Å². The number of aliphatic hydroxyl groups is 1. The van der Waals surface area contributed by atoms with Crippen LogP contribution in [-0.4, -0.2) is 47.5 Å². The van der Waals surface area contributed by atoms with Gasteiger partial charge in [0, 0.05) is 12.1 Å². The zero-order chi connectivity index (χ0) is 22.3. The number of aromatic hydroxyl groups is 1. The van der Waals surface area contributed by atoms with E-state index in [4.69, 9.17) is 9.29 Å². The molecule has 0 radical (unpaired) electrons. The molecule has 1 atom stereocenters. The molecular formula is C19H33NO7S. The van der Waals surface area contributed by atoms with E-state index in [1.165, 1.54) is 12.1 Å². The van der Waals surface area contributed by atoms with E-state index in [2.05, 4.69) is 5.32 Å². The van der Waals surface area contributed by atoms with Crippen LogP contribution < -0.4 is 10.1 Å². The first kappa shape index (κ1) is 26.3. The Hall–Kier alpha value is -1.68. The number of phenolic OH excluding ortho intramolecular Hbond substituents is 1. The van der Waals surface area contributed by atoms with Gasteiger partial charge in [0.1, 0.15) is 0 Å². The van der Waals surface area contributed by atoms with Crippen molar-refractivity contribution in [1.82, 2.24) is 5.32 Å². The number of hydrogen-bond acceptors (Lipinski definition) is 7. The van der Waals surface area contributed by atoms with Gasteiger partial charge in [0.15, 0.2) is 11.5 Å². The van der Waals surface area contributed by atoms with Crippen molar-refractivity contribution < 1.29 is 32.7 Å². The van der Waals surface area contributed by atoms with Crippen molar-refractivity contribution in [3.63, 3.8) is 0 Å². The summed E-state index contributed by atoms with van der Waals surface area (Å²) in [6, 6.07) is 4.58. The Morgan fingerprint density at radius 1 is 1.18 bits per heavy atom. The fourth-order valence-electron chi connectivity index (χ4n) is 1.94. The van der Waals surface area contributed by atoms with Gasteiger partial charge < -0.3 is 20.3 Å². The molecule has 0 aromatic heterocycles. The number of phenols is 1. The minimum Gasteiger partial charge on any atom is -0.504 e. The first-order valence-electron chi connectivity index (χ1n) is 8.76. The molecule has 162 valence electrons. The molecule has 0 saturated carbocycles. The van der Waals surface area contributed by atoms with Crippen LogP contribution in [0, 0.1) is 5.41 Å². The minimum absolute atomic E-state index is 0.106. The number of benzene rings is 1. The highest BCUT2D eigenvalue weighted by Crippen LogP contribution is 2.30. The molecule has 0 aliphatic carbocycles. The third-order valence-electron chi connectivity index (χ3n) is 3.09. The van der Waals surface area contributed by atoms with Gasteiger partial charge in [-0.05, 0) is 43.9 Å². The third-order valence-corrected chi connectivity index (χ3v) is 3.09. The minimum atomic E-state index is -3.67. The molecule has 1 rings (SSSR count). The Balaban J connectivity index is 0.00000129. The van der Waals surface area contributed by atoms with Gasteiger partial charge in [0.2, 0.25) is 0 Å². The summed E-state index contributed by atoms with van der Waals surface area (Å²) in [6.07, 6.45) is 0.221. The predicted octanol–water partition coefficient (Wildman–Crippen LogP) is 2.66. The van der Waals surface area contributed by atoms with Crippen LogP contribution in [0.25, 0.3) is 0 Å². The molecule has 0 spiro atoms. The average molecular weight is 420 g/mol. The maximum Gasteiger partial charge on any atom is 0.311 e. The summed E-state index contributed by atoms with van der Waals surface area (Å²) >= 11 is 0. The van der Waals surface area contributed by atoms with E-state index in [-0.39, 0.29) is 28.9 Å². The normalized spacial score (nSPS) is 13.3. The maximum absolute atomic E-state index is 11.8. The number of ether oxygens (including phenoxy) is 1. The van der Waals surface area contributed by atoms with E-state index in [9.17, 15) is 23.4 Å². The Bertz CT molecular complexity index is 739. The quantitative estimate of drug-likeness (QED) is 0.325. The molecule has 1 aromatic rings. The number of nitrogens with one attached hydrogen (secondary N) is 1. The molecule has 8 nitrogen and oxygen atoms in total. The van der Waals surface area contributed by atoms with Crippen LogP contribution in [0.15, 0.2) is 18.2 Å². The largest absolute Gasteiger partial charge is 0.504 e. The molecule has 1 unspecified atom stereocenters. The topological polar surface area (TPSA) is 133 Å². The van der Waals surface area contributed by atoms with Gasteiger partial charge in [0.25, 0.3) is 10.1 Å². The Kier molecular flexibility index (Phi) is 9.59. The zero-order valence-electron chi connectivity index (χ0n) is 17.6. The molecule has 0 fully saturated rings. The Morgan fingerprint density at radius 2 is 1.68 bits per heavy atom. The highest BCUT2D eigenvalue weighted by atomic mass is 32.2. The second kappa shape index (κ2) is 10.2. The van der Waals surface area contributed by atoms with Gasteiger partial charge in [-0.1, -0.05) is 26.8 Å². The van der Waals surface area contributed by atoms with Gasteiger partial charge in [-0.25, -0.2) is 0 Å². The SMILES string of the molecule is CC(C)(C)CC(=O)Oc1ccc(C(O)CNC(C)(C)C)cc1O.CS(=O)(=O)O. The lowest BCUT2D eigenvalue weighted by atomic mass is 9.92. The van der Waals surface area contributed by atoms with Crippen molar-refractivity contribution in [2.45, 2.75) is 59.6 Å². The average Bonchev–Trinajstić information content (AvgIpc) is 2.42. The number of carbonyl (C=O) groups is 1. The highest BCUT2D eigenvalue weighted by Gasteiger charge is 2.20. The highest BCUT2D eigenvalue weighted by molar-refractivity contribution is 7.85. The number of β-amino-alcohol motifs (C(OH)–C–C–N with tert-alkyl or cyclic N) is 1. The standard InChI is InChI=1S/C18H29NO4.CH4O3S/c1-17(2,3)10-16(22)23-15-8-7-12(9-13(15)20)14(21)11-19-18(4,5)6;1-5(2,3)4/h7-9,14,19-21H,10-11H2,1-6H3;1H3,(H,2,3,4). The summed E-state index contributed by atoms with van der Waals surface area (Å²) in [5.74, 6) is -0.436. The summed E-state index contributed by atoms with van der Waals surface area (Å²) in [6.45, 7) is 12.2. The fraction of sp³-hybridized carbons (Fsp3) is 0.632. The first-order valence-corrected chi connectivity index (χ1v) is 10.6. The monoisotopic (exact) mass is 419 g/mol. The molecule has 0 aliphatic rings. The van der Waals surface area contributed by atoms with E-state index in [0.29, 0.717) is 18.4 Å². The fourth-order valence-corrected chi connectivity index (χ4v) is 1.94. The van der Waals surface area contributed by atoms with Crippen LogP contribution in [0.3, 0.4) is 0 Å². The zero-order valence-corrected chi connectivity index (χ0v) is 18.4. The Labute approximate surface area is 167 Å². The van der Waals surface area contributed by atoms with Crippen molar-refractivity contribution >= 4 is 16.1 Å². The Morgan fingerprint density at radius 3 is 2.07 bits per heavy atom. The molecular weight excluding hydrogens is 386 g/mol. The first-order chi connectivity index (χ1) is 12.4. The van der Waals surface area contributed by atoms with Crippen LogP contribution in [0.1, 0.15) is 59.6 Å². The predicted molar refractivity (Wildman–Crippen MR) is 108 cm³/mol. The lowest BCUT2D eigenvalue weighted by molar-refractivity contribution is -0.136. The van der Waals surface area contributed by atoms with E-state index in [1.54, 1.807) is 6.07 Å². The number of carbonyl (C=O) groups excluding carboxylic acids is 1. The molecule has 4 N–H and O–H groups in total. The van der Waals surface area contributed by atoms with Crippen LogP contribution >= 0.6 is 0 Å². The summed E-state index contributed by atoms with van der Waals surface area (Å²) in [7, 11) is -3.67. The van der Waals surface area contributed by atoms with Crippen molar-refractivity contribution in [1.29, 1.82) is 0 Å².